The average molecular weight is 283 g/mol. The van der Waals surface area contributed by atoms with E-state index in [4.69, 9.17) is 5.73 Å². The summed E-state index contributed by atoms with van der Waals surface area (Å²) in [6.45, 7) is 3.80. The van der Waals surface area contributed by atoms with Crippen LogP contribution in [0.4, 0.5) is 5.69 Å². The molecule has 2 atom stereocenters. The van der Waals surface area contributed by atoms with E-state index in [0.29, 0.717) is 18.5 Å². The van der Waals surface area contributed by atoms with E-state index in [1.165, 1.54) is 7.05 Å². The smallest absolute Gasteiger partial charge is 0.240 e. The van der Waals surface area contributed by atoms with E-state index in [-0.39, 0.29) is 4.90 Å². The molecule has 1 aromatic carbocycles. The minimum absolute atomic E-state index is 0.287. The number of nitrogens with one attached hydrogen (secondary N) is 1. The Morgan fingerprint density at radius 3 is 2.53 bits per heavy atom. The van der Waals surface area contributed by atoms with Crippen LogP contribution in [-0.2, 0) is 10.0 Å². The molecule has 0 radical (unpaired) electrons. The quantitative estimate of drug-likeness (QED) is 0.856. The first kappa shape index (κ1) is 14.3. The molecule has 1 aliphatic heterocycles. The normalized spacial score (nSPS) is 23.8. The van der Waals surface area contributed by atoms with Crippen molar-refractivity contribution < 1.29 is 8.42 Å². The van der Waals surface area contributed by atoms with Crippen LogP contribution >= 0.6 is 0 Å². The Balaban J connectivity index is 2.24. The highest BCUT2D eigenvalue weighted by Crippen LogP contribution is 2.29. The lowest BCUT2D eigenvalue weighted by molar-refractivity contribution is 0.519. The average Bonchev–Trinajstić information content (AvgIpc) is 2.80. The first-order valence-corrected chi connectivity index (χ1v) is 7.98. The van der Waals surface area contributed by atoms with Gasteiger partial charge in [-0.05, 0) is 43.7 Å². The zero-order valence-corrected chi connectivity index (χ0v) is 12.2. The molecule has 19 heavy (non-hydrogen) atoms. The van der Waals surface area contributed by atoms with Crippen molar-refractivity contribution >= 4 is 15.7 Å². The lowest BCUT2D eigenvalue weighted by atomic mass is 10.0. The molecule has 0 aliphatic carbocycles. The van der Waals surface area contributed by atoms with E-state index in [1.807, 2.05) is 12.1 Å². The van der Waals surface area contributed by atoms with Crippen molar-refractivity contribution in [3.63, 3.8) is 0 Å². The lowest BCUT2D eigenvalue weighted by Gasteiger charge is -2.27. The molecule has 0 saturated carbocycles. The highest BCUT2D eigenvalue weighted by Gasteiger charge is 2.30. The van der Waals surface area contributed by atoms with Gasteiger partial charge in [0.1, 0.15) is 0 Å². The SMILES string of the molecule is CNS(=O)(=O)c1ccc(N2CCC(C)C2CN)cc1. The molecule has 0 amide bonds. The van der Waals surface area contributed by atoms with Gasteiger partial charge in [-0.2, -0.15) is 0 Å². The topological polar surface area (TPSA) is 75.4 Å². The van der Waals surface area contributed by atoms with E-state index in [1.54, 1.807) is 12.1 Å². The molecular formula is C13H21N3O2S. The third kappa shape index (κ3) is 2.75. The highest BCUT2D eigenvalue weighted by atomic mass is 32.2. The second kappa shape index (κ2) is 5.48. The van der Waals surface area contributed by atoms with Crippen LogP contribution in [0.3, 0.4) is 0 Å². The summed E-state index contributed by atoms with van der Waals surface area (Å²) < 4.78 is 25.6. The fourth-order valence-electron chi connectivity index (χ4n) is 2.62. The second-order valence-corrected chi connectivity index (χ2v) is 6.85. The molecule has 2 rings (SSSR count). The fraction of sp³-hybridized carbons (Fsp3) is 0.538. The summed E-state index contributed by atoms with van der Waals surface area (Å²) in [5.41, 5.74) is 6.86. The van der Waals surface area contributed by atoms with Gasteiger partial charge in [0.15, 0.2) is 0 Å². The predicted octanol–water partition coefficient (Wildman–Crippen LogP) is 0.768. The number of benzene rings is 1. The molecule has 0 bridgehead atoms. The Kier molecular flexibility index (Phi) is 4.13. The molecular weight excluding hydrogens is 262 g/mol. The monoisotopic (exact) mass is 283 g/mol. The van der Waals surface area contributed by atoms with Crippen molar-refractivity contribution in [1.82, 2.24) is 4.72 Å². The van der Waals surface area contributed by atoms with Crippen LogP contribution in [0.5, 0.6) is 0 Å². The predicted molar refractivity (Wildman–Crippen MR) is 76.7 cm³/mol. The van der Waals surface area contributed by atoms with Crippen molar-refractivity contribution in [3.8, 4) is 0 Å². The molecule has 0 aromatic heterocycles. The number of hydrogen-bond acceptors (Lipinski definition) is 4. The van der Waals surface area contributed by atoms with Gasteiger partial charge in [-0.1, -0.05) is 6.92 Å². The van der Waals surface area contributed by atoms with E-state index >= 15 is 0 Å². The Morgan fingerprint density at radius 2 is 2.00 bits per heavy atom. The summed E-state index contributed by atoms with van der Waals surface area (Å²) in [6, 6.07) is 7.32. The first-order chi connectivity index (χ1) is 8.99. The standard InChI is InChI=1S/C13H21N3O2S/c1-10-7-8-16(13(10)9-14)11-3-5-12(6-4-11)19(17,18)15-2/h3-6,10,13,15H,7-9,14H2,1-2H3. The Morgan fingerprint density at radius 1 is 1.37 bits per heavy atom. The third-order valence-corrected chi connectivity index (χ3v) is 5.30. The van der Waals surface area contributed by atoms with Gasteiger partial charge in [0.25, 0.3) is 0 Å². The summed E-state index contributed by atoms with van der Waals surface area (Å²) >= 11 is 0. The number of rotatable bonds is 4. The summed E-state index contributed by atoms with van der Waals surface area (Å²) in [5, 5.41) is 0. The Bertz CT molecular complexity index is 527. The van der Waals surface area contributed by atoms with Gasteiger partial charge in [0.2, 0.25) is 10.0 Å². The van der Waals surface area contributed by atoms with E-state index < -0.39 is 10.0 Å². The van der Waals surface area contributed by atoms with Crippen molar-refractivity contribution in [1.29, 1.82) is 0 Å². The minimum atomic E-state index is -3.36. The summed E-state index contributed by atoms with van der Waals surface area (Å²) in [7, 11) is -1.95. The fourth-order valence-corrected chi connectivity index (χ4v) is 3.35. The molecule has 1 saturated heterocycles. The largest absolute Gasteiger partial charge is 0.367 e. The molecule has 5 nitrogen and oxygen atoms in total. The van der Waals surface area contributed by atoms with E-state index in [9.17, 15) is 8.42 Å². The lowest BCUT2D eigenvalue weighted by Crippen LogP contribution is -2.38. The van der Waals surface area contributed by atoms with Crippen molar-refractivity contribution in [3.05, 3.63) is 24.3 Å². The van der Waals surface area contributed by atoms with E-state index in [2.05, 4.69) is 16.5 Å². The molecule has 3 N–H and O–H groups in total. The summed E-state index contributed by atoms with van der Waals surface area (Å²) in [5.74, 6) is 0.575. The van der Waals surface area contributed by atoms with Gasteiger partial charge >= 0.3 is 0 Å². The van der Waals surface area contributed by atoms with Crippen LogP contribution in [0.1, 0.15) is 13.3 Å². The van der Waals surface area contributed by atoms with Gasteiger partial charge in [0.05, 0.1) is 4.90 Å². The summed E-state index contributed by atoms with van der Waals surface area (Å²) in [4.78, 5) is 2.55. The third-order valence-electron chi connectivity index (χ3n) is 3.87. The van der Waals surface area contributed by atoms with Gasteiger partial charge in [0, 0.05) is 24.8 Å². The molecule has 1 aliphatic rings. The van der Waals surface area contributed by atoms with Crippen LogP contribution in [0, 0.1) is 5.92 Å². The Labute approximate surface area is 114 Å². The molecule has 1 fully saturated rings. The zero-order valence-electron chi connectivity index (χ0n) is 11.3. The summed E-state index contributed by atoms with van der Waals surface area (Å²) in [6.07, 6.45) is 1.12. The van der Waals surface area contributed by atoms with Gasteiger partial charge in [-0.25, -0.2) is 13.1 Å². The van der Waals surface area contributed by atoms with E-state index in [0.717, 1.165) is 18.7 Å². The molecule has 1 aromatic rings. The number of hydrogen-bond donors (Lipinski definition) is 2. The maximum atomic E-state index is 11.7. The van der Waals surface area contributed by atoms with Crippen LogP contribution < -0.4 is 15.4 Å². The van der Waals surface area contributed by atoms with Crippen molar-refractivity contribution in [2.24, 2.45) is 11.7 Å². The van der Waals surface area contributed by atoms with Crippen LogP contribution in [0.15, 0.2) is 29.2 Å². The number of anilines is 1. The number of sulfonamides is 1. The van der Waals surface area contributed by atoms with Crippen LogP contribution in [0.25, 0.3) is 0 Å². The number of nitrogens with zero attached hydrogens (tertiary/aromatic N) is 1. The molecule has 1 heterocycles. The zero-order chi connectivity index (χ0) is 14.0. The van der Waals surface area contributed by atoms with Gasteiger partial charge in [-0.3, -0.25) is 0 Å². The molecule has 6 heteroatoms. The second-order valence-electron chi connectivity index (χ2n) is 4.96. The minimum Gasteiger partial charge on any atom is -0.367 e. The van der Waals surface area contributed by atoms with Crippen LogP contribution in [-0.4, -0.2) is 34.6 Å². The van der Waals surface area contributed by atoms with Crippen molar-refractivity contribution in [2.75, 3.05) is 25.0 Å². The molecule has 0 spiro atoms. The maximum absolute atomic E-state index is 11.7. The van der Waals surface area contributed by atoms with Gasteiger partial charge < -0.3 is 10.6 Å². The Hall–Kier alpha value is -1.11. The van der Waals surface area contributed by atoms with Gasteiger partial charge in [-0.15, -0.1) is 0 Å². The van der Waals surface area contributed by atoms with Crippen molar-refractivity contribution in [2.45, 2.75) is 24.3 Å². The van der Waals surface area contributed by atoms with Crippen LogP contribution in [0.2, 0.25) is 0 Å². The number of nitrogens with two attached hydrogens (primary N) is 1. The maximum Gasteiger partial charge on any atom is 0.240 e. The first-order valence-electron chi connectivity index (χ1n) is 6.50. The highest BCUT2D eigenvalue weighted by molar-refractivity contribution is 7.89. The molecule has 2 unspecified atom stereocenters. The molecule has 106 valence electrons.